The number of hydrogen-bond acceptors (Lipinski definition) is 2. The van der Waals surface area contributed by atoms with E-state index in [0.717, 1.165) is 18.5 Å². The molecule has 0 aliphatic heterocycles. The van der Waals surface area contributed by atoms with Crippen molar-refractivity contribution >= 4 is 22.5 Å². The maximum Gasteiger partial charge on any atom is 0.0702 e. The SMILES string of the molecule is CC(CCCl)NCc1ccc2ncccc2c1. The van der Waals surface area contributed by atoms with E-state index >= 15 is 0 Å². The summed E-state index contributed by atoms with van der Waals surface area (Å²) in [7, 11) is 0. The Hall–Kier alpha value is -1.12. The number of alkyl halides is 1. The van der Waals surface area contributed by atoms with Crippen molar-refractivity contribution in [2.24, 2.45) is 0 Å². The highest BCUT2D eigenvalue weighted by Crippen LogP contribution is 2.13. The summed E-state index contributed by atoms with van der Waals surface area (Å²) in [4.78, 5) is 4.31. The van der Waals surface area contributed by atoms with E-state index in [9.17, 15) is 0 Å². The molecule has 0 amide bonds. The zero-order chi connectivity index (χ0) is 12.1. The molecule has 0 bridgehead atoms. The van der Waals surface area contributed by atoms with Crippen LogP contribution < -0.4 is 5.32 Å². The van der Waals surface area contributed by atoms with Crippen LogP contribution in [0.2, 0.25) is 0 Å². The number of benzene rings is 1. The van der Waals surface area contributed by atoms with Gasteiger partial charge in [0.15, 0.2) is 0 Å². The van der Waals surface area contributed by atoms with Gasteiger partial charge in [0.1, 0.15) is 0 Å². The zero-order valence-electron chi connectivity index (χ0n) is 9.99. The number of hydrogen-bond donors (Lipinski definition) is 1. The van der Waals surface area contributed by atoms with Gasteiger partial charge in [0, 0.05) is 30.0 Å². The van der Waals surface area contributed by atoms with Gasteiger partial charge in [0.25, 0.3) is 0 Å². The summed E-state index contributed by atoms with van der Waals surface area (Å²) in [6.07, 6.45) is 2.82. The Bertz CT molecular complexity index is 484. The Balaban J connectivity index is 2.04. The van der Waals surface area contributed by atoms with Crippen LogP contribution in [0, 0.1) is 0 Å². The molecule has 0 spiro atoms. The minimum Gasteiger partial charge on any atom is -0.310 e. The van der Waals surface area contributed by atoms with Gasteiger partial charge in [-0.15, -0.1) is 11.6 Å². The molecule has 0 saturated carbocycles. The minimum atomic E-state index is 0.456. The fraction of sp³-hybridized carbons (Fsp3) is 0.357. The summed E-state index contributed by atoms with van der Waals surface area (Å²) in [5.41, 5.74) is 2.33. The molecule has 17 heavy (non-hydrogen) atoms. The summed E-state index contributed by atoms with van der Waals surface area (Å²) in [5, 5.41) is 4.65. The largest absolute Gasteiger partial charge is 0.310 e. The molecule has 2 nitrogen and oxygen atoms in total. The molecule has 0 fully saturated rings. The molecule has 2 aromatic rings. The molecule has 0 saturated heterocycles. The van der Waals surface area contributed by atoms with Crippen LogP contribution in [0.5, 0.6) is 0 Å². The lowest BCUT2D eigenvalue weighted by Gasteiger charge is -2.12. The third-order valence-electron chi connectivity index (χ3n) is 2.86. The Morgan fingerprint density at radius 3 is 3.06 bits per heavy atom. The third-order valence-corrected chi connectivity index (χ3v) is 3.08. The van der Waals surface area contributed by atoms with Gasteiger partial charge in [-0.2, -0.15) is 0 Å². The molecule has 1 aromatic heterocycles. The van der Waals surface area contributed by atoms with Crippen LogP contribution in [0.25, 0.3) is 10.9 Å². The quantitative estimate of drug-likeness (QED) is 0.821. The van der Waals surface area contributed by atoms with Crippen LogP contribution in [0.15, 0.2) is 36.5 Å². The second kappa shape index (κ2) is 5.99. The molecule has 1 atom stereocenters. The van der Waals surface area contributed by atoms with Crippen molar-refractivity contribution in [2.75, 3.05) is 5.88 Å². The summed E-state index contributed by atoms with van der Waals surface area (Å²) < 4.78 is 0. The molecule has 1 aromatic carbocycles. The topological polar surface area (TPSA) is 24.9 Å². The molecule has 3 heteroatoms. The first-order valence-electron chi connectivity index (χ1n) is 5.92. The van der Waals surface area contributed by atoms with E-state index in [4.69, 9.17) is 11.6 Å². The number of aromatic nitrogens is 1. The highest BCUT2D eigenvalue weighted by Gasteiger charge is 2.01. The lowest BCUT2D eigenvalue weighted by molar-refractivity contribution is 0.536. The van der Waals surface area contributed by atoms with E-state index in [2.05, 4.69) is 41.5 Å². The minimum absolute atomic E-state index is 0.456. The summed E-state index contributed by atoms with van der Waals surface area (Å²) in [5.74, 6) is 0.704. The van der Waals surface area contributed by atoms with Crippen molar-refractivity contribution < 1.29 is 0 Å². The Morgan fingerprint density at radius 1 is 1.35 bits per heavy atom. The van der Waals surface area contributed by atoms with Crippen LogP contribution in [0.3, 0.4) is 0 Å². The number of pyridine rings is 1. The highest BCUT2D eigenvalue weighted by molar-refractivity contribution is 6.17. The van der Waals surface area contributed by atoms with Crippen molar-refractivity contribution in [2.45, 2.75) is 25.9 Å². The van der Waals surface area contributed by atoms with Gasteiger partial charge < -0.3 is 5.32 Å². The van der Waals surface area contributed by atoms with Gasteiger partial charge in [-0.25, -0.2) is 0 Å². The monoisotopic (exact) mass is 248 g/mol. The number of fused-ring (bicyclic) bond motifs is 1. The fourth-order valence-electron chi connectivity index (χ4n) is 1.79. The van der Waals surface area contributed by atoms with Crippen LogP contribution in [-0.2, 0) is 6.54 Å². The molecule has 0 aliphatic carbocycles. The van der Waals surface area contributed by atoms with Gasteiger partial charge >= 0.3 is 0 Å². The normalized spacial score (nSPS) is 12.8. The maximum atomic E-state index is 5.71. The van der Waals surface area contributed by atoms with Crippen LogP contribution in [-0.4, -0.2) is 16.9 Å². The van der Waals surface area contributed by atoms with E-state index in [0.29, 0.717) is 11.9 Å². The predicted molar refractivity (Wildman–Crippen MR) is 73.4 cm³/mol. The predicted octanol–water partition coefficient (Wildman–Crippen LogP) is 3.34. The van der Waals surface area contributed by atoms with E-state index in [-0.39, 0.29) is 0 Å². The van der Waals surface area contributed by atoms with Gasteiger partial charge in [-0.1, -0.05) is 12.1 Å². The van der Waals surface area contributed by atoms with E-state index < -0.39 is 0 Å². The average Bonchev–Trinajstić information content (AvgIpc) is 2.36. The summed E-state index contributed by atoms with van der Waals surface area (Å²) >= 11 is 5.71. The van der Waals surface area contributed by atoms with E-state index in [1.807, 2.05) is 12.3 Å². The van der Waals surface area contributed by atoms with E-state index in [1.165, 1.54) is 10.9 Å². The first kappa shape index (κ1) is 12.3. The molecule has 2 rings (SSSR count). The fourth-order valence-corrected chi connectivity index (χ4v) is 2.12. The van der Waals surface area contributed by atoms with Crippen molar-refractivity contribution in [3.05, 3.63) is 42.1 Å². The molecule has 0 radical (unpaired) electrons. The molecule has 90 valence electrons. The Kier molecular flexibility index (Phi) is 4.35. The Morgan fingerprint density at radius 2 is 2.24 bits per heavy atom. The standard InChI is InChI=1S/C14H17ClN2/c1-11(6-7-15)17-10-12-4-5-14-13(9-12)3-2-8-16-14/h2-5,8-9,11,17H,6-7,10H2,1H3. The second-order valence-corrected chi connectivity index (χ2v) is 4.67. The lowest BCUT2D eigenvalue weighted by Crippen LogP contribution is -2.25. The van der Waals surface area contributed by atoms with Gasteiger partial charge in [-0.3, -0.25) is 4.98 Å². The number of nitrogens with one attached hydrogen (secondary N) is 1. The van der Waals surface area contributed by atoms with Crippen molar-refractivity contribution in [1.82, 2.24) is 10.3 Å². The molecule has 1 N–H and O–H groups in total. The average molecular weight is 249 g/mol. The summed E-state index contributed by atoms with van der Waals surface area (Å²) in [6.45, 7) is 3.04. The van der Waals surface area contributed by atoms with Crippen LogP contribution in [0.1, 0.15) is 18.9 Å². The third kappa shape index (κ3) is 3.42. The highest BCUT2D eigenvalue weighted by atomic mass is 35.5. The number of halogens is 1. The zero-order valence-corrected chi connectivity index (χ0v) is 10.7. The number of rotatable bonds is 5. The summed E-state index contributed by atoms with van der Waals surface area (Å²) in [6, 6.07) is 10.9. The first-order valence-corrected chi connectivity index (χ1v) is 6.46. The van der Waals surface area contributed by atoms with Gasteiger partial charge in [-0.05, 0) is 37.1 Å². The van der Waals surface area contributed by atoms with Crippen molar-refractivity contribution in [3.63, 3.8) is 0 Å². The van der Waals surface area contributed by atoms with Gasteiger partial charge in [0.05, 0.1) is 5.52 Å². The van der Waals surface area contributed by atoms with Gasteiger partial charge in [0.2, 0.25) is 0 Å². The molecule has 0 aliphatic rings. The van der Waals surface area contributed by atoms with Crippen LogP contribution >= 0.6 is 11.6 Å². The van der Waals surface area contributed by atoms with Crippen molar-refractivity contribution in [1.29, 1.82) is 0 Å². The maximum absolute atomic E-state index is 5.71. The first-order chi connectivity index (χ1) is 8.29. The Labute approximate surface area is 107 Å². The van der Waals surface area contributed by atoms with Crippen LogP contribution in [0.4, 0.5) is 0 Å². The lowest BCUT2D eigenvalue weighted by atomic mass is 10.1. The van der Waals surface area contributed by atoms with Crippen molar-refractivity contribution in [3.8, 4) is 0 Å². The second-order valence-electron chi connectivity index (χ2n) is 4.29. The smallest absolute Gasteiger partial charge is 0.0702 e. The molecule has 1 unspecified atom stereocenters. The number of nitrogens with zero attached hydrogens (tertiary/aromatic N) is 1. The molecule has 1 heterocycles. The van der Waals surface area contributed by atoms with E-state index in [1.54, 1.807) is 0 Å². The molecular weight excluding hydrogens is 232 g/mol. The molecular formula is C14H17ClN2.